The van der Waals surface area contributed by atoms with Crippen molar-refractivity contribution >= 4 is 39.4 Å². The Morgan fingerprint density at radius 2 is 1.40 bits per heavy atom. The number of nitrogens with one attached hydrogen (secondary N) is 1. The van der Waals surface area contributed by atoms with Gasteiger partial charge in [-0.25, -0.2) is 9.59 Å². The maximum Gasteiger partial charge on any atom is 0.490 e. The van der Waals surface area contributed by atoms with Crippen molar-refractivity contribution in [2.75, 3.05) is 32.7 Å². The quantitative estimate of drug-likeness (QED) is 0.148. The Morgan fingerprint density at radius 3 is 1.94 bits per heavy atom. The molecular formula is C32H40F6N4O7S. The topological polar surface area (TPSA) is 177 Å². The van der Waals surface area contributed by atoms with E-state index in [0.29, 0.717) is 24.5 Å². The van der Waals surface area contributed by atoms with Crippen molar-refractivity contribution in [2.45, 2.75) is 69.8 Å². The van der Waals surface area contributed by atoms with Crippen LogP contribution in [0.1, 0.15) is 49.7 Å². The number of carbonyl (C=O) groups is 3. The number of aromatic amines is 1. The van der Waals surface area contributed by atoms with E-state index in [1.807, 2.05) is 12.1 Å². The molecule has 11 nitrogen and oxygen atoms in total. The molecule has 50 heavy (non-hydrogen) atoms. The van der Waals surface area contributed by atoms with E-state index in [2.05, 4.69) is 39.0 Å². The second-order valence-corrected chi connectivity index (χ2v) is 12.4. The lowest BCUT2D eigenvalue weighted by molar-refractivity contribution is -0.193. The fourth-order valence-corrected chi connectivity index (χ4v) is 6.16. The monoisotopic (exact) mass is 738 g/mol. The number of thiazole rings is 1. The van der Waals surface area contributed by atoms with Crippen LogP contribution < -0.4 is 10.6 Å². The fourth-order valence-electron chi connectivity index (χ4n) is 5.26. The highest BCUT2D eigenvalue weighted by atomic mass is 32.1. The molecule has 2 aromatic carbocycles. The van der Waals surface area contributed by atoms with Gasteiger partial charge < -0.3 is 30.9 Å². The maximum absolute atomic E-state index is 11.9. The number of aromatic nitrogens is 1. The summed E-state index contributed by atoms with van der Waals surface area (Å²) in [7, 11) is 0. The molecule has 1 fully saturated rings. The van der Waals surface area contributed by atoms with E-state index in [0.717, 1.165) is 49.3 Å². The zero-order chi connectivity index (χ0) is 37.5. The van der Waals surface area contributed by atoms with E-state index in [4.69, 9.17) is 25.5 Å². The number of aromatic hydroxyl groups is 1. The number of fused-ring (bicyclic) bond motifs is 1. The van der Waals surface area contributed by atoms with Crippen LogP contribution in [0, 0.1) is 0 Å². The molecule has 1 aliphatic carbocycles. The highest BCUT2D eigenvalue weighted by Crippen LogP contribution is 2.29. The molecule has 1 amide bonds. The summed E-state index contributed by atoms with van der Waals surface area (Å²) >= 11 is 1.17. The number of aliphatic carboxylic acids is 2. The van der Waals surface area contributed by atoms with Gasteiger partial charge in [0, 0.05) is 45.2 Å². The number of nitrogens with zero attached hydrogens (tertiary/aromatic N) is 2. The smallest absolute Gasteiger partial charge is 0.490 e. The molecular weight excluding hydrogens is 698 g/mol. The number of alkyl halides is 6. The van der Waals surface area contributed by atoms with Crippen LogP contribution in [0.25, 0.3) is 10.2 Å². The number of benzene rings is 2. The third-order valence-corrected chi connectivity index (χ3v) is 8.78. The third-order valence-electron chi connectivity index (χ3n) is 7.82. The molecule has 1 heterocycles. The van der Waals surface area contributed by atoms with E-state index in [9.17, 15) is 41.0 Å². The summed E-state index contributed by atoms with van der Waals surface area (Å²) in [6.45, 7) is 4.29. The van der Waals surface area contributed by atoms with Gasteiger partial charge in [0.25, 0.3) is 0 Å². The standard InChI is InChI=1S/C28H38N4O3S.2C2HF3O2/c29-25(34)15-17-31(16-13-21-7-3-1-4-8-21)19-20-32(23-9-5-2-6-10-23)18-14-22-11-12-24(33)26-27(22)36-28(35)30-26;2*3-2(4,5)1(6)7/h1,3-4,7-8,11-12,23,33H,2,5-6,9-10,13-20H2,(H2,29,34)(H,30,35);2*(H,6,7). The number of nitrogens with two attached hydrogens (primary N) is 1. The Labute approximate surface area is 287 Å². The number of rotatable bonds is 13. The van der Waals surface area contributed by atoms with E-state index in [-0.39, 0.29) is 16.5 Å². The first-order valence-corrected chi connectivity index (χ1v) is 16.4. The van der Waals surface area contributed by atoms with Crippen molar-refractivity contribution in [3.8, 4) is 5.75 Å². The molecule has 0 saturated heterocycles. The minimum atomic E-state index is -5.08. The predicted molar refractivity (Wildman–Crippen MR) is 174 cm³/mol. The van der Waals surface area contributed by atoms with Gasteiger partial charge in [-0.15, -0.1) is 0 Å². The number of carboxylic acids is 2. The zero-order valence-corrected chi connectivity index (χ0v) is 27.8. The Morgan fingerprint density at radius 1 is 0.820 bits per heavy atom. The van der Waals surface area contributed by atoms with Crippen LogP contribution >= 0.6 is 11.3 Å². The Balaban J connectivity index is 0.000000521. The number of phenolic OH excluding ortho intramolecular Hbond substituents is 1. The second kappa shape index (κ2) is 19.9. The highest BCUT2D eigenvalue weighted by molar-refractivity contribution is 7.16. The summed E-state index contributed by atoms with van der Waals surface area (Å²) < 4.78 is 64.3. The van der Waals surface area contributed by atoms with Gasteiger partial charge >= 0.3 is 29.2 Å². The number of primary amides is 1. The van der Waals surface area contributed by atoms with Gasteiger partial charge in [-0.1, -0.05) is 67.0 Å². The van der Waals surface area contributed by atoms with Crippen molar-refractivity contribution < 1.29 is 56.0 Å². The molecule has 278 valence electrons. The number of hydrogen-bond acceptors (Lipinski definition) is 8. The summed E-state index contributed by atoms with van der Waals surface area (Å²) in [5.41, 5.74) is 8.42. The van der Waals surface area contributed by atoms with Crippen molar-refractivity contribution in [1.29, 1.82) is 0 Å². The van der Waals surface area contributed by atoms with Crippen LogP contribution in [0.4, 0.5) is 26.3 Å². The van der Waals surface area contributed by atoms with Crippen molar-refractivity contribution in [3.05, 3.63) is 63.3 Å². The summed E-state index contributed by atoms with van der Waals surface area (Å²) in [6.07, 6.45) is -1.75. The number of H-pyrrole nitrogens is 1. The molecule has 4 rings (SSSR count). The largest absolute Gasteiger partial charge is 0.506 e. The van der Waals surface area contributed by atoms with E-state index in [1.165, 1.54) is 49.0 Å². The van der Waals surface area contributed by atoms with Crippen molar-refractivity contribution in [2.24, 2.45) is 5.73 Å². The average molecular weight is 739 g/mol. The van der Waals surface area contributed by atoms with Crippen molar-refractivity contribution in [1.82, 2.24) is 14.8 Å². The number of carboxylic acid groups (broad SMARTS) is 2. The lowest BCUT2D eigenvalue weighted by Gasteiger charge is -2.36. The fraction of sp³-hybridized carbons (Fsp3) is 0.500. The summed E-state index contributed by atoms with van der Waals surface area (Å²) in [5, 5.41) is 24.4. The molecule has 0 bridgehead atoms. The van der Waals surface area contributed by atoms with Crippen molar-refractivity contribution in [3.63, 3.8) is 0 Å². The zero-order valence-electron chi connectivity index (χ0n) is 26.9. The highest BCUT2D eigenvalue weighted by Gasteiger charge is 2.39. The van der Waals surface area contributed by atoms with E-state index < -0.39 is 24.3 Å². The summed E-state index contributed by atoms with van der Waals surface area (Å²) in [5.74, 6) is -5.65. The first-order valence-electron chi connectivity index (χ1n) is 15.6. The van der Waals surface area contributed by atoms with Gasteiger partial charge in [0.1, 0.15) is 11.3 Å². The number of amides is 1. The molecule has 1 saturated carbocycles. The molecule has 0 atom stereocenters. The minimum absolute atomic E-state index is 0.125. The maximum atomic E-state index is 11.9. The molecule has 0 radical (unpaired) electrons. The van der Waals surface area contributed by atoms with Crippen LogP contribution in [0.5, 0.6) is 5.75 Å². The normalized spacial score (nSPS) is 13.8. The average Bonchev–Trinajstić information content (AvgIpc) is 3.45. The first kappa shape index (κ1) is 42.0. The minimum Gasteiger partial charge on any atom is -0.506 e. The third kappa shape index (κ3) is 15.2. The Bertz CT molecular complexity index is 1550. The van der Waals surface area contributed by atoms with Crippen LogP contribution in [0.3, 0.4) is 0 Å². The van der Waals surface area contributed by atoms with Gasteiger partial charge in [0.15, 0.2) is 0 Å². The van der Waals surface area contributed by atoms with E-state index >= 15 is 0 Å². The Kier molecular flexibility index (Phi) is 16.7. The van der Waals surface area contributed by atoms with Gasteiger partial charge in [0.05, 0.1) is 4.70 Å². The molecule has 1 aromatic heterocycles. The molecule has 18 heteroatoms. The molecule has 1 aliphatic rings. The summed E-state index contributed by atoms with van der Waals surface area (Å²) in [4.78, 5) is 48.8. The number of halogens is 6. The molecule has 6 N–H and O–H groups in total. The SMILES string of the molecule is NC(=O)CCN(CCc1ccccc1)CCN(CCc1ccc(O)c2[nH]c(=O)sc12)C1CCCCC1.O=C(O)C(F)(F)F.O=C(O)C(F)(F)F. The second-order valence-electron chi connectivity index (χ2n) is 11.4. The van der Waals surface area contributed by atoms with Gasteiger partial charge in [-0.3, -0.25) is 14.5 Å². The number of carbonyl (C=O) groups excluding carboxylic acids is 1. The lowest BCUT2D eigenvalue weighted by Crippen LogP contribution is -2.44. The van der Waals surface area contributed by atoms with Crippen LogP contribution in [-0.4, -0.2) is 99.1 Å². The van der Waals surface area contributed by atoms with Crippen LogP contribution in [-0.2, 0) is 27.2 Å². The van der Waals surface area contributed by atoms with E-state index in [1.54, 1.807) is 6.07 Å². The predicted octanol–water partition coefficient (Wildman–Crippen LogP) is 5.16. The summed E-state index contributed by atoms with van der Waals surface area (Å²) in [6, 6.07) is 14.6. The first-order chi connectivity index (χ1) is 23.4. The number of hydrogen-bond donors (Lipinski definition) is 5. The van der Waals surface area contributed by atoms with Gasteiger partial charge in [0.2, 0.25) is 5.91 Å². The lowest BCUT2D eigenvalue weighted by atomic mass is 9.93. The van der Waals surface area contributed by atoms with Crippen LogP contribution in [0.2, 0.25) is 0 Å². The molecule has 0 aliphatic heterocycles. The molecule has 3 aromatic rings. The molecule has 0 unspecified atom stereocenters. The van der Waals surface area contributed by atoms with Crippen LogP contribution in [0.15, 0.2) is 47.3 Å². The van der Waals surface area contributed by atoms with Gasteiger partial charge in [-0.2, -0.15) is 26.3 Å². The molecule has 0 spiro atoms. The number of phenols is 1. The Hall–Kier alpha value is -4.16. The van der Waals surface area contributed by atoms with Gasteiger partial charge in [-0.05, 0) is 42.9 Å².